The van der Waals surface area contributed by atoms with Crippen LogP contribution in [-0.4, -0.2) is 37.7 Å². The van der Waals surface area contributed by atoms with Crippen molar-refractivity contribution in [3.05, 3.63) is 0 Å². The van der Waals surface area contributed by atoms with Crippen LogP contribution >= 0.6 is 0 Å². The topological polar surface area (TPSA) is 12.5 Å². The lowest BCUT2D eigenvalue weighted by Gasteiger charge is -2.38. The molecule has 2 heteroatoms. The molecule has 0 saturated carbocycles. The Morgan fingerprint density at radius 3 is 2.55 bits per heavy atom. The summed E-state index contributed by atoms with van der Waals surface area (Å²) in [6.45, 7) is 8.07. The molecule has 66 valence electrons. The molecular formula is C9H19NO. The Bertz CT molecular complexity index is 108. The standard InChI is InChI=1S/C9H19NO/c1-8(2)4-5-10-6-9(7-10)11-3/h8-9H,4-7H2,1-3H3. The first-order valence-corrected chi connectivity index (χ1v) is 4.47. The first kappa shape index (κ1) is 9.01. The van der Waals surface area contributed by atoms with Crippen LogP contribution in [-0.2, 0) is 4.74 Å². The molecule has 0 atom stereocenters. The van der Waals surface area contributed by atoms with Crippen molar-refractivity contribution in [3.8, 4) is 0 Å². The monoisotopic (exact) mass is 157 g/mol. The zero-order valence-corrected chi connectivity index (χ0v) is 7.84. The van der Waals surface area contributed by atoms with Gasteiger partial charge in [0.05, 0.1) is 6.10 Å². The van der Waals surface area contributed by atoms with Crippen molar-refractivity contribution in [1.82, 2.24) is 4.90 Å². The highest BCUT2D eigenvalue weighted by Gasteiger charge is 2.25. The molecule has 0 N–H and O–H groups in total. The minimum absolute atomic E-state index is 0.516. The number of rotatable bonds is 4. The average molecular weight is 157 g/mol. The molecule has 1 aliphatic rings. The van der Waals surface area contributed by atoms with E-state index >= 15 is 0 Å². The molecule has 0 aromatic rings. The second-order valence-corrected chi connectivity index (χ2v) is 3.80. The smallest absolute Gasteiger partial charge is 0.0824 e. The van der Waals surface area contributed by atoms with Crippen LogP contribution in [0.25, 0.3) is 0 Å². The van der Waals surface area contributed by atoms with Crippen LogP contribution < -0.4 is 0 Å². The van der Waals surface area contributed by atoms with Crippen molar-refractivity contribution >= 4 is 0 Å². The van der Waals surface area contributed by atoms with Gasteiger partial charge in [-0.3, -0.25) is 4.90 Å². The SMILES string of the molecule is COC1CN(CCC(C)C)C1. The Labute approximate surface area is 69.5 Å². The second kappa shape index (κ2) is 4.07. The molecule has 11 heavy (non-hydrogen) atoms. The number of ether oxygens (including phenoxy) is 1. The molecule has 0 spiro atoms. The third-order valence-corrected chi connectivity index (χ3v) is 2.28. The van der Waals surface area contributed by atoms with Crippen molar-refractivity contribution < 1.29 is 4.74 Å². The zero-order chi connectivity index (χ0) is 8.27. The molecule has 1 heterocycles. The first-order chi connectivity index (χ1) is 5.22. The molecule has 2 nitrogen and oxygen atoms in total. The highest BCUT2D eigenvalue weighted by Crippen LogP contribution is 2.12. The Hall–Kier alpha value is -0.0800. The van der Waals surface area contributed by atoms with E-state index in [1.807, 2.05) is 0 Å². The number of hydrogen-bond donors (Lipinski definition) is 0. The molecule has 0 radical (unpaired) electrons. The van der Waals surface area contributed by atoms with Gasteiger partial charge in [-0.25, -0.2) is 0 Å². The van der Waals surface area contributed by atoms with Gasteiger partial charge in [0, 0.05) is 20.2 Å². The lowest BCUT2D eigenvalue weighted by Crippen LogP contribution is -2.51. The van der Waals surface area contributed by atoms with Crippen LogP contribution in [0.5, 0.6) is 0 Å². The van der Waals surface area contributed by atoms with Crippen LogP contribution in [0.15, 0.2) is 0 Å². The Kier molecular flexibility index (Phi) is 3.34. The summed E-state index contributed by atoms with van der Waals surface area (Å²) in [6.07, 6.45) is 1.83. The maximum atomic E-state index is 5.18. The fourth-order valence-corrected chi connectivity index (χ4v) is 1.29. The van der Waals surface area contributed by atoms with Gasteiger partial charge in [0.2, 0.25) is 0 Å². The van der Waals surface area contributed by atoms with Gasteiger partial charge >= 0.3 is 0 Å². The molecular weight excluding hydrogens is 138 g/mol. The third-order valence-electron chi connectivity index (χ3n) is 2.28. The van der Waals surface area contributed by atoms with Gasteiger partial charge in [-0.15, -0.1) is 0 Å². The predicted octanol–water partition coefficient (Wildman–Crippen LogP) is 1.36. The van der Waals surface area contributed by atoms with Gasteiger partial charge in [-0.05, 0) is 18.9 Å². The summed E-state index contributed by atoms with van der Waals surface area (Å²) in [5.74, 6) is 0.830. The van der Waals surface area contributed by atoms with Gasteiger partial charge < -0.3 is 4.74 Å². The summed E-state index contributed by atoms with van der Waals surface area (Å²) in [7, 11) is 1.80. The second-order valence-electron chi connectivity index (χ2n) is 3.80. The van der Waals surface area contributed by atoms with Crippen LogP contribution in [0, 0.1) is 5.92 Å². The van der Waals surface area contributed by atoms with Crippen LogP contribution in [0.1, 0.15) is 20.3 Å². The van der Waals surface area contributed by atoms with Gasteiger partial charge in [-0.1, -0.05) is 13.8 Å². The molecule has 1 rings (SSSR count). The molecule has 0 aromatic carbocycles. The molecule has 0 unspecified atom stereocenters. The molecule has 1 aliphatic heterocycles. The maximum absolute atomic E-state index is 5.18. The van der Waals surface area contributed by atoms with E-state index in [2.05, 4.69) is 18.7 Å². The van der Waals surface area contributed by atoms with Gasteiger partial charge in [0.1, 0.15) is 0 Å². The molecule has 1 fully saturated rings. The van der Waals surface area contributed by atoms with Crippen LogP contribution in [0.3, 0.4) is 0 Å². The largest absolute Gasteiger partial charge is 0.379 e. The Morgan fingerprint density at radius 2 is 2.09 bits per heavy atom. The number of hydrogen-bond acceptors (Lipinski definition) is 2. The van der Waals surface area contributed by atoms with Crippen LogP contribution in [0.2, 0.25) is 0 Å². The van der Waals surface area contributed by atoms with Crippen molar-refractivity contribution in [3.63, 3.8) is 0 Å². The molecule has 0 aromatic heterocycles. The lowest BCUT2D eigenvalue weighted by molar-refractivity contribution is -0.0306. The Morgan fingerprint density at radius 1 is 1.45 bits per heavy atom. The van der Waals surface area contributed by atoms with E-state index in [9.17, 15) is 0 Å². The quantitative estimate of drug-likeness (QED) is 0.611. The van der Waals surface area contributed by atoms with Crippen molar-refractivity contribution in [2.75, 3.05) is 26.7 Å². The first-order valence-electron chi connectivity index (χ1n) is 4.47. The van der Waals surface area contributed by atoms with Crippen molar-refractivity contribution in [1.29, 1.82) is 0 Å². The van der Waals surface area contributed by atoms with Crippen LogP contribution in [0.4, 0.5) is 0 Å². The predicted molar refractivity (Wildman–Crippen MR) is 46.7 cm³/mol. The number of likely N-dealkylation sites (tertiary alicyclic amines) is 1. The third kappa shape index (κ3) is 2.80. The summed E-state index contributed by atoms with van der Waals surface area (Å²) in [5.41, 5.74) is 0. The van der Waals surface area contributed by atoms with Gasteiger partial charge in [0.15, 0.2) is 0 Å². The van der Waals surface area contributed by atoms with Crippen molar-refractivity contribution in [2.45, 2.75) is 26.4 Å². The highest BCUT2D eigenvalue weighted by molar-refractivity contribution is 4.79. The number of methoxy groups -OCH3 is 1. The van der Waals surface area contributed by atoms with Gasteiger partial charge in [-0.2, -0.15) is 0 Å². The van der Waals surface area contributed by atoms with E-state index in [0.717, 1.165) is 19.0 Å². The molecule has 0 bridgehead atoms. The molecule has 0 aliphatic carbocycles. The van der Waals surface area contributed by atoms with E-state index in [0.29, 0.717) is 6.10 Å². The fraction of sp³-hybridized carbons (Fsp3) is 1.00. The van der Waals surface area contributed by atoms with E-state index in [-0.39, 0.29) is 0 Å². The fourth-order valence-electron chi connectivity index (χ4n) is 1.29. The zero-order valence-electron chi connectivity index (χ0n) is 7.84. The Balaban J connectivity index is 1.96. The number of nitrogens with zero attached hydrogens (tertiary/aromatic N) is 1. The maximum Gasteiger partial charge on any atom is 0.0824 e. The lowest BCUT2D eigenvalue weighted by atomic mass is 10.1. The normalized spacial score (nSPS) is 20.7. The minimum atomic E-state index is 0.516. The molecule has 0 amide bonds. The summed E-state index contributed by atoms with van der Waals surface area (Å²) in [4.78, 5) is 2.45. The van der Waals surface area contributed by atoms with E-state index in [1.165, 1.54) is 13.0 Å². The minimum Gasteiger partial charge on any atom is -0.379 e. The summed E-state index contributed by atoms with van der Waals surface area (Å²) in [5, 5.41) is 0. The van der Waals surface area contributed by atoms with E-state index in [4.69, 9.17) is 4.74 Å². The highest BCUT2D eigenvalue weighted by atomic mass is 16.5. The van der Waals surface area contributed by atoms with E-state index in [1.54, 1.807) is 7.11 Å². The summed E-state index contributed by atoms with van der Waals surface area (Å²) in [6, 6.07) is 0. The van der Waals surface area contributed by atoms with E-state index < -0.39 is 0 Å². The van der Waals surface area contributed by atoms with Gasteiger partial charge in [0.25, 0.3) is 0 Å². The average Bonchev–Trinajstić information content (AvgIpc) is 1.84. The summed E-state index contributed by atoms with van der Waals surface area (Å²) >= 11 is 0. The summed E-state index contributed by atoms with van der Waals surface area (Å²) < 4.78 is 5.18. The molecule has 1 saturated heterocycles. The van der Waals surface area contributed by atoms with Crippen molar-refractivity contribution in [2.24, 2.45) is 5.92 Å².